The van der Waals surface area contributed by atoms with Crippen LogP contribution in [0.25, 0.3) is 0 Å². The van der Waals surface area contributed by atoms with Gasteiger partial charge in [0.15, 0.2) is 0 Å². The van der Waals surface area contributed by atoms with E-state index >= 15 is 0 Å². The Morgan fingerprint density at radius 1 is 1.43 bits per heavy atom. The van der Waals surface area contributed by atoms with Gasteiger partial charge < -0.3 is 5.11 Å². The van der Waals surface area contributed by atoms with Gasteiger partial charge in [0, 0.05) is 31.1 Å². The van der Waals surface area contributed by atoms with E-state index in [1.165, 1.54) is 6.07 Å². The molecule has 114 valence electrons. The number of aliphatic carboxylic acids is 1. The van der Waals surface area contributed by atoms with Crippen LogP contribution in [0.3, 0.4) is 0 Å². The van der Waals surface area contributed by atoms with Crippen molar-refractivity contribution in [3.8, 4) is 0 Å². The van der Waals surface area contributed by atoms with Crippen LogP contribution in [0.4, 0.5) is 5.69 Å². The molecule has 0 aromatic heterocycles. The zero-order valence-electron chi connectivity index (χ0n) is 11.9. The average Bonchev–Trinajstić information content (AvgIpc) is 2.46. The number of benzene rings is 1. The Hall–Kier alpha value is -1.95. The number of non-ortho nitro benzene ring substituents is 1. The molecule has 1 saturated heterocycles. The standard InChI is InChI=1S/C15H20N2O4/c18-15(19)8-7-13-5-1-2-9-16(13)11-12-4-3-6-14(10-12)17(20)21/h3-4,6,10,13H,1-2,5,7-9,11H2,(H,18,19). The lowest BCUT2D eigenvalue weighted by molar-refractivity contribution is -0.384. The van der Waals surface area contributed by atoms with E-state index in [1.54, 1.807) is 12.1 Å². The maximum atomic E-state index is 10.8. The van der Waals surface area contributed by atoms with Crippen molar-refractivity contribution in [2.24, 2.45) is 0 Å². The Kier molecular flexibility index (Phi) is 5.27. The van der Waals surface area contributed by atoms with Crippen LogP contribution in [0.1, 0.15) is 37.7 Å². The SMILES string of the molecule is O=C(O)CCC1CCCCN1Cc1cccc([N+](=O)[O-])c1. The van der Waals surface area contributed by atoms with Crippen LogP contribution < -0.4 is 0 Å². The number of hydrogen-bond donors (Lipinski definition) is 1. The fourth-order valence-corrected chi connectivity index (χ4v) is 2.89. The summed E-state index contributed by atoms with van der Waals surface area (Å²) in [5.41, 5.74) is 1.01. The van der Waals surface area contributed by atoms with Gasteiger partial charge in [0.1, 0.15) is 0 Å². The van der Waals surface area contributed by atoms with Gasteiger partial charge >= 0.3 is 5.97 Å². The Bertz CT molecular complexity index is 518. The van der Waals surface area contributed by atoms with E-state index in [0.29, 0.717) is 13.0 Å². The van der Waals surface area contributed by atoms with Gasteiger partial charge in [-0.3, -0.25) is 19.8 Å². The number of nitro benzene ring substituents is 1. The Morgan fingerprint density at radius 3 is 2.95 bits per heavy atom. The first kappa shape index (κ1) is 15.4. The number of nitrogens with zero attached hydrogens (tertiary/aromatic N) is 2. The molecule has 1 N–H and O–H groups in total. The highest BCUT2D eigenvalue weighted by Crippen LogP contribution is 2.24. The van der Waals surface area contributed by atoms with Crippen LogP contribution in [0.15, 0.2) is 24.3 Å². The number of hydrogen-bond acceptors (Lipinski definition) is 4. The Morgan fingerprint density at radius 2 is 2.24 bits per heavy atom. The molecule has 1 aromatic rings. The molecule has 0 bridgehead atoms. The van der Waals surface area contributed by atoms with Crippen molar-refractivity contribution in [3.63, 3.8) is 0 Å². The largest absolute Gasteiger partial charge is 0.481 e. The summed E-state index contributed by atoms with van der Waals surface area (Å²) >= 11 is 0. The summed E-state index contributed by atoms with van der Waals surface area (Å²) in [4.78, 5) is 23.4. The zero-order chi connectivity index (χ0) is 15.2. The zero-order valence-corrected chi connectivity index (χ0v) is 11.9. The van der Waals surface area contributed by atoms with E-state index in [-0.39, 0.29) is 23.1 Å². The van der Waals surface area contributed by atoms with Crippen LogP contribution in [-0.2, 0) is 11.3 Å². The third kappa shape index (κ3) is 4.53. The molecule has 0 amide bonds. The molecule has 1 aromatic carbocycles. The minimum Gasteiger partial charge on any atom is -0.481 e. The van der Waals surface area contributed by atoms with Crippen molar-refractivity contribution in [3.05, 3.63) is 39.9 Å². The van der Waals surface area contributed by atoms with Crippen LogP contribution >= 0.6 is 0 Å². The number of rotatable bonds is 6. The summed E-state index contributed by atoms with van der Waals surface area (Å²) < 4.78 is 0. The summed E-state index contributed by atoms with van der Waals surface area (Å²) in [5.74, 6) is -0.768. The summed E-state index contributed by atoms with van der Waals surface area (Å²) in [6, 6.07) is 6.93. The first-order valence-electron chi connectivity index (χ1n) is 7.25. The lowest BCUT2D eigenvalue weighted by Crippen LogP contribution is -2.39. The quantitative estimate of drug-likeness (QED) is 0.644. The highest BCUT2D eigenvalue weighted by molar-refractivity contribution is 5.66. The van der Waals surface area contributed by atoms with E-state index in [1.807, 2.05) is 6.07 Å². The van der Waals surface area contributed by atoms with Gasteiger partial charge in [-0.05, 0) is 31.4 Å². The molecule has 21 heavy (non-hydrogen) atoms. The van der Waals surface area contributed by atoms with Gasteiger partial charge in [-0.1, -0.05) is 18.6 Å². The molecule has 6 heteroatoms. The van der Waals surface area contributed by atoms with Gasteiger partial charge in [-0.2, -0.15) is 0 Å². The topological polar surface area (TPSA) is 83.7 Å². The van der Waals surface area contributed by atoms with Crippen molar-refractivity contribution in [2.45, 2.75) is 44.7 Å². The normalized spacial score (nSPS) is 19.3. The fraction of sp³-hybridized carbons (Fsp3) is 0.533. The predicted octanol–water partition coefficient (Wildman–Crippen LogP) is 2.81. The average molecular weight is 292 g/mol. The summed E-state index contributed by atoms with van der Waals surface area (Å²) in [5, 5.41) is 19.6. The lowest BCUT2D eigenvalue weighted by atomic mass is 9.97. The molecular formula is C15H20N2O4. The minimum absolute atomic E-state index is 0.103. The number of likely N-dealkylation sites (tertiary alicyclic amines) is 1. The first-order valence-corrected chi connectivity index (χ1v) is 7.25. The molecule has 1 fully saturated rings. The second kappa shape index (κ2) is 7.17. The maximum Gasteiger partial charge on any atom is 0.303 e. The van der Waals surface area contributed by atoms with E-state index in [9.17, 15) is 14.9 Å². The number of carbonyl (C=O) groups is 1. The third-order valence-corrected chi connectivity index (χ3v) is 3.95. The van der Waals surface area contributed by atoms with E-state index < -0.39 is 5.97 Å². The molecule has 0 spiro atoms. The predicted molar refractivity (Wildman–Crippen MR) is 78.0 cm³/mol. The number of carboxylic acids is 1. The van der Waals surface area contributed by atoms with Crippen molar-refractivity contribution >= 4 is 11.7 Å². The molecule has 0 saturated carbocycles. The molecule has 2 rings (SSSR count). The molecule has 1 aliphatic rings. The van der Waals surface area contributed by atoms with Crippen LogP contribution in [-0.4, -0.2) is 33.5 Å². The van der Waals surface area contributed by atoms with E-state index in [4.69, 9.17) is 5.11 Å². The van der Waals surface area contributed by atoms with Crippen LogP contribution in [0, 0.1) is 10.1 Å². The summed E-state index contributed by atoms with van der Waals surface area (Å²) in [7, 11) is 0. The van der Waals surface area contributed by atoms with Crippen molar-refractivity contribution < 1.29 is 14.8 Å². The van der Waals surface area contributed by atoms with E-state index in [2.05, 4.69) is 4.90 Å². The smallest absolute Gasteiger partial charge is 0.303 e. The van der Waals surface area contributed by atoms with Crippen molar-refractivity contribution in [2.75, 3.05) is 6.54 Å². The molecule has 1 unspecified atom stereocenters. The Labute approximate surface area is 123 Å². The Balaban J connectivity index is 2.02. The highest BCUT2D eigenvalue weighted by atomic mass is 16.6. The molecule has 6 nitrogen and oxygen atoms in total. The first-order chi connectivity index (χ1) is 10.1. The van der Waals surface area contributed by atoms with Gasteiger partial charge in [-0.25, -0.2) is 0 Å². The van der Waals surface area contributed by atoms with Crippen LogP contribution in [0.2, 0.25) is 0 Å². The molecular weight excluding hydrogens is 272 g/mol. The molecule has 1 heterocycles. The summed E-state index contributed by atoms with van der Waals surface area (Å²) in [6.07, 6.45) is 4.04. The van der Waals surface area contributed by atoms with Gasteiger partial charge in [-0.15, -0.1) is 0 Å². The van der Waals surface area contributed by atoms with Crippen LogP contribution in [0.5, 0.6) is 0 Å². The number of nitro groups is 1. The van der Waals surface area contributed by atoms with Gasteiger partial charge in [0.05, 0.1) is 4.92 Å². The van der Waals surface area contributed by atoms with Gasteiger partial charge in [0.25, 0.3) is 5.69 Å². The molecule has 0 radical (unpaired) electrons. The molecule has 1 aliphatic heterocycles. The summed E-state index contributed by atoms with van der Waals surface area (Å²) in [6.45, 7) is 1.57. The van der Waals surface area contributed by atoms with Crippen molar-refractivity contribution in [1.29, 1.82) is 0 Å². The maximum absolute atomic E-state index is 10.8. The fourth-order valence-electron chi connectivity index (χ4n) is 2.89. The lowest BCUT2D eigenvalue weighted by Gasteiger charge is -2.35. The minimum atomic E-state index is -0.768. The monoisotopic (exact) mass is 292 g/mol. The second-order valence-corrected chi connectivity index (χ2v) is 5.48. The highest BCUT2D eigenvalue weighted by Gasteiger charge is 2.23. The molecule has 0 aliphatic carbocycles. The molecule has 1 atom stereocenters. The second-order valence-electron chi connectivity index (χ2n) is 5.48. The van der Waals surface area contributed by atoms with E-state index in [0.717, 1.165) is 31.4 Å². The third-order valence-electron chi connectivity index (χ3n) is 3.95. The number of carboxylic acid groups (broad SMARTS) is 1. The van der Waals surface area contributed by atoms with Crippen molar-refractivity contribution in [1.82, 2.24) is 4.90 Å². The number of piperidine rings is 1. The van der Waals surface area contributed by atoms with Gasteiger partial charge in [0.2, 0.25) is 0 Å².